The van der Waals surface area contributed by atoms with Gasteiger partial charge in [0.15, 0.2) is 0 Å². The minimum absolute atomic E-state index is 0.369. The second-order valence-electron chi connectivity index (χ2n) is 5.30. The van der Waals surface area contributed by atoms with Crippen molar-refractivity contribution in [1.82, 2.24) is 5.32 Å². The summed E-state index contributed by atoms with van der Waals surface area (Å²) in [5, 5.41) is 13.1. The van der Waals surface area contributed by atoms with Crippen molar-refractivity contribution in [3.8, 4) is 0 Å². The van der Waals surface area contributed by atoms with E-state index in [1.165, 1.54) is 12.8 Å². The van der Waals surface area contributed by atoms with E-state index in [0.717, 1.165) is 18.9 Å². The Kier molecular flexibility index (Phi) is 6.32. The van der Waals surface area contributed by atoms with Gasteiger partial charge in [0.1, 0.15) is 0 Å². The van der Waals surface area contributed by atoms with Gasteiger partial charge in [-0.15, -0.1) is 0 Å². The monoisotopic (exact) mass is 229 g/mol. The van der Waals surface area contributed by atoms with E-state index < -0.39 is 0 Å². The predicted molar refractivity (Wildman–Crippen MR) is 66.5 cm³/mol. The van der Waals surface area contributed by atoms with Crippen molar-refractivity contribution in [3.63, 3.8) is 0 Å². The first-order valence-electron chi connectivity index (χ1n) is 6.62. The molecule has 1 saturated carbocycles. The lowest BCUT2D eigenvalue weighted by molar-refractivity contribution is 0.0304. The van der Waals surface area contributed by atoms with E-state index >= 15 is 0 Å². The summed E-state index contributed by atoms with van der Waals surface area (Å²) in [7, 11) is 0. The van der Waals surface area contributed by atoms with Crippen molar-refractivity contribution >= 4 is 0 Å². The minimum atomic E-state index is -0.369. The van der Waals surface area contributed by atoms with E-state index in [9.17, 15) is 5.11 Å². The highest BCUT2D eigenvalue weighted by atomic mass is 16.5. The largest absolute Gasteiger partial charge is 0.389 e. The van der Waals surface area contributed by atoms with Crippen LogP contribution < -0.4 is 5.32 Å². The third-order valence-corrected chi connectivity index (χ3v) is 3.22. The Morgan fingerprint density at radius 1 is 1.38 bits per heavy atom. The zero-order chi connectivity index (χ0) is 12.0. The summed E-state index contributed by atoms with van der Waals surface area (Å²) < 4.78 is 5.46. The molecule has 1 aliphatic carbocycles. The van der Waals surface area contributed by atoms with Crippen LogP contribution in [0.5, 0.6) is 0 Å². The van der Waals surface area contributed by atoms with Gasteiger partial charge < -0.3 is 15.2 Å². The van der Waals surface area contributed by atoms with E-state index in [1.54, 1.807) is 0 Å². The quantitative estimate of drug-likeness (QED) is 0.633. The molecule has 0 amide bonds. The summed E-state index contributed by atoms with van der Waals surface area (Å²) >= 11 is 0. The summed E-state index contributed by atoms with van der Waals surface area (Å²) in [6.07, 6.45) is 3.35. The maximum absolute atomic E-state index is 9.72. The van der Waals surface area contributed by atoms with Gasteiger partial charge in [0.2, 0.25) is 0 Å². The van der Waals surface area contributed by atoms with Crippen LogP contribution in [0.1, 0.15) is 40.0 Å². The number of aliphatic hydroxyl groups excluding tert-OH is 1. The van der Waals surface area contributed by atoms with Gasteiger partial charge in [0.05, 0.1) is 12.7 Å². The Labute approximate surface area is 99.6 Å². The molecule has 1 rings (SSSR count). The lowest BCUT2D eigenvalue weighted by Gasteiger charge is -2.22. The number of ether oxygens (including phenoxy) is 1. The average molecular weight is 229 g/mol. The molecule has 0 spiro atoms. The third kappa shape index (κ3) is 5.83. The molecule has 0 aromatic carbocycles. The molecule has 1 aliphatic rings. The van der Waals surface area contributed by atoms with Gasteiger partial charge in [0, 0.05) is 19.2 Å². The van der Waals surface area contributed by atoms with Crippen molar-refractivity contribution in [3.05, 3.63) is 0 Å². The number of rotatable bonds is 9. The molecule has 0 radical (unpaired) electrons. The van der Waals surface area contributed by atoms with Crippen molar-refractivity contribution in [2.45, 2.75) is 52.2 Å². The zero-order valence-electron chi connectivity index (χ0n) is 10.9. The molecule has 0 heterocycles. The molecule has 2 atom stereocenters. The van der Waals surface area contributed by atoms with Crippen LogP contribution in [-0.4, -0.2) is 37.0 Å². The van der Waals surface area contributed by atoms with Crippen LogP contribution in [0.3, 0.4) is 0 Å². The summed E-state index contributed by atoms with van der Waals surface area (Å²) in [5.74, 6) is 1.39. The molecule has 16 heavy (non-hydrogen) atoms. The first-order chi connectivity index (χ1) is 7.63. The van der Waals surface area contributed by atoms with Crippen molar-refractivity contribution in [1.29, 1.82) is 0 Å². The van der Waals surface area contributed by atoms with Gasteiger partial charge in [-0.2, -0.15) is 0 Å². The minimum Gasteiger partial charge on any atom is -0.389 e. The van der Waals surface area contributed by atoms with Gasteiger partial charge in [-0.1, -0.05) is 20.8 Å². The molecule has 2 unspecified atom stereocenters. The number of nitrogens with one attached hydrogen (secondary N) is 1. The van der Waals surface area contributed by atoms with E-state index in [0.29, 0.717) is 25.1 Å². The normalized spacial score (nSPS) is 20.1. The first-order valence-corrected chi connectivity index (χ1v) is 6.62. The Bertz CT molecular complexity index is 181. The van der Waals surface area contributed by atoms with Crippen LogP contribution in [0.2, 0.25) is 0 Å². The fourth-order valence-electron chi connectivity index (χ4n) is 1.85. The number of hydrogen-bond donors (Lipinski definition) is 2. The summed E-state index contributed by atoms with van der Waals surface area (Å²) in [6.45, 7) is 8.53. The van der Waals surface area contributed by atoms with Gasteiger partial charge in [-0.25, -0.2) is 0 Å². The second-order valence-corrected chi connectivity index (χ2v) is 5.30. The standard InChI is InChI=1S/C13H27NO2/c1-4-13(10(2)3)14-7-12(15)9-16-8-11-5-6-11/h10-15H,4-9H2,1-3H3. The molecule has 2 N–H and O–H groups in total. The Hall–Kier alpha value is -0.120. The van der Waals surface area contributed by atoms with Gasteiger partial charge in [-0.3, -0.25) is 0 Å². The maximum atomic E-state index is 9.72. The highest BCUT2D eigenvalue weighted by Gasteiger charge is 2.21. The summed E-state index contributed by atoms with van der Waals surface area (Å²) in [5.41, 5.74) is 0. The third-order valence-electron chi connectivity index (χ3n) is 3.22. The Morgan fingerprint density at radius 2 is 2.06 bits per heavy atom. The van der Waals surface area contributed by atoms with E-state index in [1.807, 2.05) is 0 Å². The van der Waals surface area contributed by atoms with Crippen molar-refractivity contribution in [2.75, 3.05) is 19.8 Å². The Morgan fingerprint density at radius 3 is 2.56 bits per heavy atom. The molecule has 3 nitrogen and oxygen atoms in total. The fraction of sp³-hybridized carbons (Fsp3) is 1.00. The van der Waals surface area contributed by atoms with E-state index in [-0.39, 0.29) is 6.10 Å². The topological polar surface area (TPSA) is 41.5 Å². The molecule has 96 valence electrons. The maximum Gasteiger partial charge on any atom is 0.0897 e. The fourth-order valence-corrected chi connectivity index (χ4v) is 1.85. The Balaban J connectivity index is 2.00. The highest BCUT2D eigenvalue weighted by molar-refractivity contribution is 4.73. The molecular weight excluding hydrogens is 202 g/mol. The van der Waals surface area contributed by atoms with Crippen molar-refractivity contribution < 1.29 is 9.84 Å². The van der Waals surface area contributed by atoms with E-state index in [2.05, 4.69) is 26.1 Å². The predicted octanol–water partition coefficient (Wildman–Crippen LogP) is 1.80. The average Bonchev–Trinajstić information content (AvgIpc) is 3.02. The number of hydrogen-bond acceptors (Lipinski definition) is 3. The molecule has 3 heteroatoms. The van der Waals surface area contributed by atoms with Gasteiger partial charge in [-0.05, 0) is 31.1 Å². The van der Waals surface area contributed by atoms with Crippen LogP contribution >= 0.6 is 0 Å². The lowest BCUT2D eigenvalue weighted by atomic mass is 10.0. The van der Waals surface area contributed by atoms with Crippen LogP contribution in [-0.2, 0) is 4.74 Å². The van der Waals surface area contributed by atoms with Crippen molar-refractivity contribution in [2.24, 2.45) is 11.8 Å². The van der Waals surface area contributed by atoms with Crippen LogP contribution in [0.4, 0.5) is 0 Å². The molecular formula is C13H27NO2. The molecule has 0 bridgehead atoms. The van der Waals surface area contributed by atoms with E-state index in [4.69, 9.17) is 4.74 Å². The smallest absolute Gasteiger partial charge is 0.0897 e. The SMILES string of the molecule is CCC(NCC(O)COCC1CC1)C(C)C. The molecule has 0 aromatic heterocycles. The molecule has 0 aromatic rings. The molecule has 0 saturated heterocycles. The molecule has 0 aliphatic heterocycles. The lowest BCUT2D eigenvalue weighted by Crippen LogP contribution is -2.40. The number of aliphatic hydroxyl groups is 1. The summed E-state index contributed by atoms with van der Waals surface area (Å²) in [4.78, 5) is 0. The van der Waals surface area contributed by atoms with Gasteiger partial charge >= 0.3 is 0 Å². The van der Waals surface area contributed by atoms with Crippen LogP contribution in [0.15, 0.2) is 0 Å². The highest BCUT2D eigenvalue weighted by Crippen LogP contribution is 2.28. The second kappa shape index (κ2) is 7.25. The summed E-state index contributed by atoms with van der Waals surface area (Å²) in [6, 6.07) is 0.498. The van der Waals surface area contributed by atoms with Crippen LogP contribution in [0, 0.1) is 11.8 Å². The molecule has 1 fully saturated rings. The van der Waals surface area contributed by atoms with Crippen LogP contribution in [0.25, 0.3) is 0 Å². The van der Waals surface area contributed by atoms with Gasteiger partial charge in [0.25, 0.3) is 0 Å². The zero-order valence-corrected chi connectivity index (χ0v) is 10.9. The first kappa shape index (κ1) is 13.9.